The monoisotopic (exact) mass is 405 g/mol. The lowest BCUT2D eigenvalue weighted by Crippen LogP contribution is -2.06. The molecule has 0 aliphatic carbocycles. The van der Waals surface area contributed by atoms with Gasteiger partial charge in [0.15, 0.2) is 6.61 Å². The van der Waals surface area contributed by atoms with Crippen molar-refractivity contribution in [1.29, 1.82) is 0 Å². The molecular weight excluding hydrogens is 394 g/mol. The van der Waals surface area contributed by atoms with Gasteiger partial charge in [0.1, 0.15) is 0 Å². The number of nitro groups is 1. The Hall–Kier alpha value is -2.91. The van der Waals surface area contributed by atoms with Gasteiger partial charge in [-0.2, -0.15) is 0 Å². The van der Waals surface area contributed by atoms with Crippen molar-refractivity contribution in [3.05, 3.63) is 69.1 Å². The molecule has 2 aromatic carbocycles. The van der Waals surface area contributed by atoms with Gasteiger partial charge in [0, 0.05) is 16.7 Å². The molecule has 0 radical (unpaired) electrons. The molecule has 0 N–H and O–H groups in total. The summed E-state index contributed by atoms with van der Waals surface area (Å²) in [5, 5.41) is 19.4. The Bertz CT molecular complexity index is 990. The smallest absolute Gasteiger partial charge is 0.338 e. The SMILES string of the molecule is CSc1ccc(C(=O)OCc2nnc(-c3ccc(Cl)cc3)o2)cc1[N+](=O)[O-]. The predicted molar refractivity (Wildman–Crippen MR) is 98.7 cm³/mol. The average molecular weight is 406 g/mol. The summed E-state index contributed by atoms with van der Waals surface area (Å²) in [7, 11) is 0. The third-order valence-electron chi connectivity index (χ3n) is 3.50. The van der Waals surface area contributed by atoms with Gasteiger partial charge >= 0.3 is 5.97 Å². The van der Waals surface area contributed by atoms with E-state index in [9.17, 15) is 14.9 Å². The summed E-state index contributed by atoms with van der Waals surface area (Å²) in [6.45, 7) is -0.252. The van der Waals surface area contributed by atoms with Gasteiger partial charge in [-0.05, 0) is 42.7 Å². The largest absolute Gasteiger partial charge is 0.452 e. The van der Waals surface area contributed by atoms with Gasteiger partial charge in [0.25, 0.3) is 11.6 Å². The number of hydrogen-bond donors (Lipinski definition) is 0. The lowest BCUT2D eigenvalue weighted by Gasteiger charge is -2.04. The van der Waals surface area contributed by atoms with Crippen LogP contribution in [0.1, 0.15) is 16.2 Å². The predicted octanol–water partition coefficient (Wildman–Crippen LogP) is 4.38. The van der Waals surface area contributed by atoms with Crippen LogP contribution in [0.2, 0.25) is 5.02 Å². The lowest BCUT2D eigenvalue weighted by molar-refractivity contribution is -0.387. The summed E-state index contributed by atoms with van der Waals surface area (Å²) in [5.41, 5.74) is 0.587. The standard InChI is InChI=1S/C17H12ClN3O5S/c1-27-14-7-4-11(8-13(14)21(23)24)17(22)25-9-15-19-20-16(26-15)10-2-5-12(18)6-3-10/h2-8H,9H2,1H3. The highest BCUT2D eigenvalue weighted by molar-refractivity contribution is 7.98. The van der Waals surface area contributed by atoms with Crippen molar-refractivity contribution >= 4 is 35.0 Å². The maximum Gasteiger partial charge on any atom is 0.338 e. The fourth-order valence-corrected chi connectivity index (χ4v) is 2.86. The van der Waals surface area contributed by atoms with Gasteiger partial charge in [0.05, 0.1) is 15.4 Å². The van der Waals surface area contributed by atoms with E-state index in [0.29, 0.717) is 15.5 Å². The molecule has 0 spiro atoms. The molecule has 0 aliphatic heterocycles. The number of aromatic nitrogens is 2. The van der Waals surface area contributed by atoms with Crippen LogP contribution in [0.3, 0.4) is 0 Å². The zero-order chi connectivity index (χ0) is 19.4. The average Bonchev–Trinajstić information content (AvgIpc) is 3.15. The summed E-state index contributed by atoms with van der Waals surface area (Å²) in [5.74, 6) is -0.363. The first-order valence-corrected chi connectivity index (χ1v) is 9.16. The van der Waals surface area contributed by atoms with E-state index in [-0.39, 0.29) is 29.6 Å². The molecule has 3 aromatic rings. The first-order valence-electron chi connectivity index (χ1n) is 7.56. The van der Waals surface area contributed by atoms with Crippen LogP contribution in [0, 0.1) is 10.1 Å². The highest BCUT2D eigenvalue weighted by Crippen LogP contribution is 2.28. The van der Waals surface area contributed by atoms with Crippen molar-refractivity contribution in [3.63, 3.8) is 0 Å². The Balaban J connectivity index is 1.68. The Kier molecular flexibility index (Phi) is 5.72. The van der Waals surface area contributed by atoms with Crippen molar-refractivity contribution < 1.29 is 18.9 Å². The quantitative estimate of drug-likeness (QED) is 0.257. The Morgan fingerprint density at radius 1 is 1.26 bits per heavy atom. The number of benzene rings is 2. The molecule has 0 aliphatic rings. The Morgan fingerprint density at radius 3 is 2.67 bits per heavy atom. The molecule has 0 saturated heterocycles. The van der Waals surface area contributed by atoms with Crippen LogP contribution < -0.4 is 0 Å². The van der Waals surface area contributed by atoms with E-state index in [2.05, 4.69) is 10.2 Å². The molecule has 138 valence electrons. The molecule has 1 aromatic heterocycles. The van der Waals surface area contributed by atoms with Crippen LogP contribution in [0.5, 0.6) is 0 Å². The van der Waals surface area contributed by atoms with Gasteiger partial charge in [0.2, 0.25) is 5.89 Å². The van der Waals surface area contributed by atoms with E-state index in [1.165, 1.54) is 30.0 Å². The maximum atomic E-state index is 12.2. The molecule has 0 saturated carbocycles. The van der Waals surface area contributed by atoms with E-state index in [1.54, 1.807) is 30.5 Å². The molecule has 10 heteroatoms. The van der Waals surface area contributed by atoms with Crippen molar-refractivity contribution in [2.45, 2.75) is 11.5 Å². The second kappa shape index (κ2) is 8.19. The summed E-state index contributed by atoms with van der Waals surface area (Å²) >= 11 is 7.05. The minimum absolute atomic E-state index is 0.0666. The van der Waals surface area contributed by atoms with Gasteiger partial charge in [-0.15, -0.1) is 22.0 Å². The molecular formula is C17H12ClN3O5S. The number of hydrogen-bond acceptors (Lipinski definition) is 8. The van der Waals surface area contributed by atoms with E-state index in [1.807, 2.05) is 0 Å². The number of halogens is 1. The summed E-state index contributed by atoms with van der Waals surface area (Å²) in [6.07, 6.45) is 1.72. The van der Waals surface area contributed by atoms with E-state index < -0.39 is 10.9 Å². The number of carbonyl (C=O) groups is 1. The number of esters is 1. The molecule has 8 nitrogen and oxygen atoms in total. The zero-order valence-corrected chi connectivity index (χ0v) is 15.5. The fraction of sp³-hybridized carbons (Fsp3) is 0.118. The fourth-order valence-electron chi connectivity index (χ4n) is 2.19. The first kappa shape index (κ1) is 18.9. The van der Waals surface area contributed by atoms with Crippen LogP contribution in [0.25, 0.3) is 11.5 Å². The number of carbonyl (C=O) groups excluding carboxylic acids is 1. The minimum atomic E-state index is -0.725. The van der Waals surface area contributed by atoms with Crippen molar-refractivity contribution in [1.82, 2.24) is 10.2 Å². The molecule has 0 atom stereocenters. The third kappa shape index (κ3) is 4.44. The highest BCUT2D eigenvalue weighted by atomic mass is 35.5. The van der Waals surface area contributed by atoms with Crippen LogP contribution in [0.15, 0.2) is 51.8 Å². The molecule has 1 heterocycles. The Morgan fingerprint density at radius 2 is 2.00 bits per heavy atom. The van der Waals surface area contributed by atoms with Gasteiger partial charge in [-0.25, -0.2) is 4.79 Å². The van der Waals surface area contributed by atoms with Crippen molar-refractivity contribution in [3.8, 4) is 11.5 Å². The topological polar surface area (TPSA) is 108 Å². The molecule has 0 bridgehead atoms. The molecule has 0 fully saturated rings. The van der Waals surface area contributed by atoms with E-state index in [4.69, 9.17) is 20.8 Å². The third-order valence-corrected chi connectivity index (χ3v) is 4.53. The highest BCUT2D eigenvalue weighted by Gasteiger charge is 2.18. The molecule has 0 amide bonds. The summed E-state index contributed by atoms with van der Waals surface area (Å²) < 4.78 is 10.5. The number of nitro benzene ring substituents is 1. The number of nitrogens with zero attached hydrogens (tertiary/aromatic N) is 3. The zero-order valence-electron chi connectivity index (χ0n) is 13.9. The number of ether oxygens (including phenoxy) is 1. The van der Waals surface area contributed by atoms with Crippen LogP contribution in [-0.4, -0.2) is 27.3 Å². The van der Waals surface area contributed by atoms with E-state index >= 15 is 0 Å². The Labute approximate surface area is 162 Å². The van der Waals surface area contributed by atoms with Gasteiger partial charge in [-0.3, -0.25) is 10.1 Å². The lowest BCUT2D eigenvalue weighted by atomic mass is 10.2. The van der Waals surface area contributed by atoms with Crippen LogP contribution >= 0.6 is 23.4 Å². The number of thioether (sulfide) groups is 1. The minimum Gasteiger partial charge on any atom is -0.452 e. The number of rotatable bonds is 6. The maximum absolute atomic E-state index is 12.2. The first-order chi connectivity index (χ1) is 13.0. The van der Waals surface area contributed by atoms with Gasteiger partial charge < -0.3 is 9.15 Å². The molecule has 0 unspecified atom stereocenters. The second-order valence-corrected chi connectivity index (χ2v) is 6.51. The van der Waals surface area contributed by atoms with Gasteiger partial charge in [-0.1, -0.05) is 11.6 Å². The van der Waals surface area contributed by atoms with Crippen molar-refractivity contribution in [2.24, 2.45) is 0 Å². The second-order valence-electron chi connectivity index (χ2n) is 5.23. The van der Waals surface area contributed by atoms with Crippen LogP contribution in [-0.2, 0) is 11.3 Å². The van der Waals surface area contributed by atoms with E-state index in [0.717, 1.165) is 0 Å². The normalized spacial score (nSPS) is 10.6. The van der Waals surface area contributed by atoms with Crippen molar-refractivity contribution in [2.75, 3.05) is 6.26 Å². The molecule has 27 heavy (non-hydrogen) atoms. The van der Waals surface area contributed by atoms with Crippen LogP contribution in [0.4, 0.5) is 5.69 Å². The molecule has 3 rings (SSSR count). The summed E-state index contributed by atoms with van der Waals surface area (Å²) in [6, 6.07) is 11.0. The summed E-state index contributed by atoms with van der Waals surface area (Å²) in [4.78, 5) is 23.2.